The second kappa shape index (κ2) is 6.01. The Labute approximate surface area is 115 Å². The molecule has 1 saturated carbocycles. The molecular weight excluding hydrogens is 273 g/mol. The van der Waals surface area contributed by atoms with E-state index in [9.17, 15) is 22.8 Å². The molecule has 2 atom stereocenters. The maximum absolute atomic E-state index is 12.5. The zero-order valence-corrected chi connectivity index (χ0v) is 11.1. The van der Waals surface area contributed by atoms with Crippen molar-refractivity contribution in [3.63, 3.8) is 0 Å². The summed E-state index contributed by atoms with van der Waals surface area (Å²) in [6.07, 6.45) is 0.112. The van der Waals surface area contributed by atoms with Crippen molar-refractivity contribution in [2.75, 3.05) is 0 Å². The highest BCUT2D eigenvalue weighted by atomic mass is 19.4. The van der Waals surface area contributed by atoms with Gasteiger partial charge in [0.25, 0.3) is 0 Å². The van der Waals surface area contributed by atoms with Crippen molar-refractivity contribution in [3.05, 3.63) is 0 Å². The number of carbonyl (C=O) groups excluding carboxylic acids is 2. The zero-order chi connectivity index (χ0) is 14.8. The summed E-state index contributed by atoms with van der Waals surface area (Å²) < 4.78 is 37.5. The minimum Gasteiger partial charge on any atom is -0.344 e. The number of hydrogen-bond donors (Lipinski definition) is 2. The number of carbonyl (C=O) groups is 2. The average molecular weight is 292 g/mol. The van der Waals surface area contributed by atoms with Crippen LogP contribution in [0.25, 0.3) is 0 Å². The topological polar surface area (TPSA) is 58.2 Å². The lowest BCUT2D eigenvalue weighted by Gasteiger charge is -2.32. The van der Waals surface area contributed by atoms with E-state index < -0.39 is 24.2 Å². The molecule has 0 unspecified atom stereocenters. The highest BCUT2D eigenvalue weighted by molar-refractivity contribution is 5.89. The van der Waals surface area contributed by atoms with Gasteiger partial charge in [-0.1, -0.05) is 19.3 Å². The predicted molar refractivity (Wildman–Crippen MR) is 65.7 cm³/mol. The molecule has 2 aliphatic rings. The van der Waals surface area contributed by atoms with Crippen LogP contribution in [-0.2, 0) is 9.59 Å². The Morgan fingerprint density at radius 3 is 2.30 bits per heavy atom. The van der Waals surface area contributed by atoms with Crippen LogP contribution >= 0.6 is 0 Å². The van der Waals surface area contributed by atoms with Crippen molar-refractivity contribution < 1.29 is 22.8 Å². The fourth-order valence-corrected chi connectivity index (χ4v) is 2.85. The molecule has 20 heavy (non-hydrogen) atoms. The highest BCUT2D eigenvalue weighted by Crippen LogP contribution is 2.27. The molecule has 2 rings (SSSR count). The van der Waals surface area contributed by atoms with Crippen molar-refractivity contribution in [1.29, 1.82) is 0 Å². The molecule has 114 valence electrons. The average Bonchev–Trinajstić information content (AvgIpc) is 2.41. The molecule has 0 aromatic heterocycles. The van der Waals surface area contributed by atoms with E-state index in [2.05, 4.69) is 5.32 Å². The lowest BCUT2D eigenvalue weighted by atomic mass is 9.88. The van der Waals surface area contributed by atoms with E-state index in [1.54, 1.807) is 0 Å². The van der Waals surface area contributed by atoms with Gasteiger partial charge < -0.3 is 10.6 Å². The molecule has 2 N–H and O–H groups in total. The van der Waals surface area contributed by atoms with Crippen LogP contribution in [0.15, 0.2) is 0 Å². The maximum atomic E-state index is 12.5. The molecular formula is C13H19F3N2O2. The number of amides is 2. The van der Waals surface area contributed by atoms with E-state index in [4.69, 9.17) is 0 Å². The van der Waals surface area contributed by atoms with Crippen LogP contribution in [0.1, 0.15) is 44.9 Å². The summed E-state index contributed by atoms with van der Waals surface area (Å²) in [5.41, 5.74) is 0. The van der Waals surface area contributed by atoms with Crippen molar-refractivity contribution in [2.24, 2.45) is 5.92 Å². The number of rotatable bonds is 2. The summed E-state index contributed by atoms with van der Waals surface area (Å²) in [5.74, 6) is -1.03. The first kappa shape index (κ1) is 15.1. The summed E-state index contributed by atoms with van der Waals surface area (Å²) in [5, 5.41) is 4.53. The smallest absolute Gasteiger partial charge is 0.344 e. The lowest BCUT2D eigenvalue weighted by molar-refractivity contribution is -0.168. The normalized spacial score (nSPS) is 28.9. The summed E-state index contributed by atoms with van der Waals surface area (Å²) in [6.45, 7) is 0. The third-order valence-corrected chi connectivity index (χ3v) is 4.06. The minimum absolute atomic E-state index is 0.0362. The van der Waals surface area contributed by atoms with Gasteiger partial charge >= 0.3 is 6.18 Å². The van der Waals surface area contributed by atoms with Gasteiger partial charge in [0.1, 0.15) is 12.1 Å². The molecule has 1 heterocycles. The van der Waals surface area contributed by atoms with Gasteiger partial charge in [0.2, 0.25) is 11.8 Å². The third-order valence-electron chi connectivity index (χ3n) is 4.06. The van der Waals surface area contributed by atoms with Gasteiger partial charge in [-0.15, -0.1) is 0 Å². The number of nitrogens with one attached hydrogen (secondary N) is 2. The van der Waals surface area contributed by atoms with E-state index in [1.807, 2.05) is 5.32 Å². The Balaban J connectivity index is 1.85. The zero-order valence-electron chi connectivity index (χ0n) is 11.1. The predicted octanol–water partition coefficient (Wildman–Crippen LogP) is 1.89. The SMILES string of the molecule is O=C(N[C@@H]1CC[C@H](C(F)(F)F)NC1=O)C1CCCCC1. The van der Waals surface area contributed by atoms with Crippen LogP contribution in [-0.4, -0.2) is 30.1 Å². The van der Waals surface area contributed by atoms with Crippen molar-refractivity contribution in [2.45, 2.75) is 63.2 Å². The van der Waals surface area contributed by atoms with E-state index in [1.165, 1.54) is 0 Å². The molecule has 1 saturated heterocycles. The fraction of sp³-hybridized carbons (Fsp3) is 0.846. The quantitative estimate of drug-likeness (QED) is 0.816. The van der Waals surface area contributed by atoms with Gasteiger partial charge in [-0.3, -0.25) is 9.59 Å². The Morgan fingerprint density at radius 2 is 1.75 bits per heavy atom. The molecule has 0 spiro atoms. The number of alkyl halides is 3. The Kier molecular flexibility index (Phi) is 4.55. The molecule has 2 amide bonds. The second-order valence-corrected chi connectivity index (χ2v) is 5.58. The van der Waals surface area contributed by atoms with E-state index in [0.29, 0.717) is 0 Å². The Morgan fingerprint density at radius 1 is 1.10 bits per heavy atom. The third kappa shape index (κ3) is 3.64. The summed E-state index contributed by atoms with van der Waals surface area (Å²) in [6, 6.07) is -2.62. The van der Waals surface area contributed by atoms with Gasteiger partial charge in [-0.05, 0) is 25.7 Å². The monoisotopic (exact) mass is 292 g/mol. The van der Waals surface area contributed by atoms with Crippen LogP contribution in [0.2, 0.25) is 0 Å². The molecule has 0 aromatic rings. The maximum Gasteiger partial charge on any atom is 0.408 e. The van der Waals surface area contributed by atoms with Gasteiger partial charge in [-0.2, -0.15) is 13.2 Å². The first-order chi connectivity index (χ1) is 9.38. The summed E-state index contributed by atoms with van der Waals surface area (Å²) >= 11 is 0. The first-order valence-electron chi connectivity index (χ1n) is 7.05. The second-order valence-electron chi connectivity index (χ2n) is 5.58. The minimum atomic E-state index is -4.42. The van der Waals surface area contributed by atoms with Gasteiger partial charge in [0.05, 0.1) is 0 Å². The molecule has 1 aliphatic carbocycles. The van der Waals surface area contributed by atoms with Crippen molar-refractivity contribution >= 4 is 11.8 Å². The number of hydrogen-bond acceptors (Lipinski definition) is 2. The molecule has 4 nitrogen and oxygen atoms in total. The molecule has 7 heteroatoms. The molecule has 0 bridgehead atoms. The molecule has 0 aromatic carbocycles. The van der Waals surface area contributed by atoms with Crippen LogP contribution in [0.3, 0.4) is 0 Å². The van der Waals surface area contributed by atoms with Crippen LogP contribution in [0.4, 0.5) is 13.2 Å². The number of halogens is 3. The lowest BCUT2D eigenvalue weighted by Crippen LogP contribution is -2.58. The largest absolute Gasteiger partial charge is 0.408 e. The standard InChI is InChI=1S/C13H19F3N2O2/c14-13(15,16)10-7-6-9(12(20)18-10)17-11(19)8-4-2-1-3-5-8/h8-10H,1-7H2,(H,17,19)(H,18,20)/t9-,10-/m1/s1. The Bertz CT molecular complexity index is 378. The van der Waals surface area contributed by atoms with Crippen LogP contribution in [0.5, 0.6) is 0 Å². The van der Waals surface area contributed by atoms with E-state index in [0.717, 1.165) is 32.1 Å². The first-order valence-corrected chi connectivity index (χ1v) is 7.05. The molecule has 2 fully saturated rings. The van der Waals surface area contributed by atoms with E-state index in [-0.39, 0.29) is 24.7 Å². The number of piperidine rings is 1. The Hall–Kier alpha value is -1.27. The van der Waals surface area contributed by atoms with Gasteiger partial charge in [-0.25, -0.2) is 0 Å². The van der Waals surface area contributed by atoms with Crippen LogP contribution in [0, 0.1) is 5.92 Å². The fourth-order valence-electron chi connectivity index (χ4n) is 2.85. The highest BCUT2D eigenvalue weighted by Gasteiger charge is 2.44. The van der Waals surface area contributed by atoms with E-state index >= 15 is 0 Å². The van der Waals surface area contributed by atoms with Crippen molar-refractivity contribution in [1.82, 2.24) is 10.6 Å². The van der Waals surface area contributed by atoms with Gasteiger partial charge in [0, 0.05) is 5.92 Å². The molecule has 0 radical (unpaired) electrons. The molecule has 1 aliphatic heterocycles. The summed E-state index contributed by atoms with van der Waals surface area (Å²) in [4.78, 5) is 23.6. The summed E-state index contributed by atoms with van der Waals surface area (Å²) in [7, 11) is 0. The van der Waals surface area contributed by atoms with Crippen LogP contribution < -0.4 is 10.6 Å². The van der Waals surface area contributed by atoms with Gasteiger partial charge in [0.15, 0.2) is 0 Å². The van der Waals surface area contributed by atoms with Crippen molar-refractivity contribution in [3.8, 4) is 0 Å².